The number of benzene rings is 1. The number of unbranched alkanes of at least 4 members (excludes halogenated alkanes) is 2. The van der Waals surface area contributed by atoms with Crippen molar-refractivity contribution in [2.45, 2.75) is 38.7 Å². The maximum Gasteiger partial charge on any atom is 0.330 e. The molecule has 0 aromatic heterocycles. The summed E-state index contributed by atoms with van der Waals surface area (Å²) in [7, 11) is 0. The Morgan fingerprint density at radius 2 is 1.91 bits per heavy atom. The number of carbonyl (C=O) groups excluding carboxylic acids is 2. The number of ether oxygens (including phenoxy) is 3. The summed E-state index contributed by atoms with van der Waals surface area (Å²) in [5, 5.41) is 0. The van der Waals surface area contributed by atoms with Crippen molar-refractivity contribution < 1.29 is 23.8 Å². The topological polar surface area (TPSA) is 61.8 Å². The van der Waals surface area contributed by atoms with E-state index in [2.05, 4.69) is 6.58 Å². The molecule has 1 aromatic rings. The van der Waals surface area contributed by atoms with Crippen LogP contribution < -0.4 is 4.74 Å². The Morgan fingerprint density at radius 1 is 1.17 bits per heavy atom. The summed E-state index contributed by atoms with van der Waals surface area (Å²) in [4.78, 5) is 22.5. The molecule has 0 bridgehead atoms. The minimum atomic E-state index is -0.522. The normalized spacial score (nSPS) is 11.3. The van der Waals surface area contributed by atoms with Crippen LogP contribution in [-0.2, 0) is 19.1 Å². The van der Waals surface area contributed by atoms with Crippen molar-refractivity contribution in [3.63, 3.8) is 0 Å². The van der Waals surface area contributed by atoms with Gasteiger partial charge in [0.05, 0.1) is 6.61 Å². The van der Waals surface area contributed by atoms with E-state index in [1.165, 1.54) is 0 Å². The Bertz CT molecular complexity index is 483. The van der Waals surface area contributed by atoms with Crippen LogP contribution in [0.25, 0.3) is 0 Å². The Balaban J connectivity index is 2.01. The highest BCUT2D eigenvalue weighted by atomic mass is 16.6. The molecule has 0 saturated heterocycles. The van der Waals surface area contributed by atoms with E-state index >= 15 is 0 Å². The smallest absolute Gasteiger partial charge is 0.330 e. The second-order valence-electron chi connectivity index (χ2n) is 5.11. The van der Waals surface area contributed by atoms with Gasteiger partial charge in [0.15, 0.2) is 0 Å². The molecule has 1 aromatic carbocycles. The van der Waals surface area contributed by atoms with Crippen LogP contribution in [0.15, 0.2) is 43.0 Å². The van der Waals surface area contributed by atoms with Gasteiger partial charge in [-0.05, 0) is 38.3 Å². The van der Waals surface area contributed by atoms with E-state index in [9.17, 15) is 9.59 Å². The maximum atomic E-state index is 11.6. The van der Waals surface area contributed by atoms with Crippen molar-refractivity contribution in [2.24, 2.45) is 0 Å². The monoisotopic (exact) mass is 320 g/mol. The van der Waals surface area contributed by atoms with Crippen molar-refractivity contribution in [1.29, 1.82) is 0 Å². The van der Waals surface area contributed by atoms with Crippen LogP contribution in [0.4, 0.5) is 0 Å². The highest BCUT2D eigenvalue weighted by molar-refractivity contribution is 5.81. The molecule has 0 N–H and O–H groups in total. The van der Waals surface area contributed by atoms with Gasteiger partial charge in [-0.2, -0.15) is 0 Å². The van der Waals surface area contributed by atoms with E-state index in [0.29, 0.717) is 13.0 Å². The Hall–Kier alpha value is -2.30. The predicted octanol–water partition coefficient (Wildman–Crippen LogP) is 3.29. The predicted molar refractivity (Wildman–Crippen MR) is 87.1 cm³/mol. The summed E-state index contributed by atoms with van der Waals surface area (Å²) in [6.45, 7) is 5.65. The fraction of sp³-hybridized carbons (Fsp3) is 0.444. The molecule has 0 aliphatic rings. The zero-order chi connectivity index (χ0) is 16.9. The van der Waals surface area contributed by atoms with Crippen molar-refractivity contribution in [2.75, 3.05) is 13.2 Å². The van der Waals surface area contributed by atoms with Crippen molar-refractivity contribution in [3.8, 4) is 5.75 Å². The van der Waals surface area contributed by atoms with Crippen LogP contribution in [0.5, 0.6) is 5.75 Å². The first-order valence-corrected chi connectivity index (χ1v) is 7.78. The van der Waals surface area contributed by atoms with Crippen molar-refractivity contribution >= 4 is 11.9 Å². The van der Waals surface area contributed by atoms with Crippen LogP contribution >= 0.6 is 0 Å². The van der Waals surface area contributed by atoms with Gasteiger partial charge in [-0.15, -0.1) is 0 Å². The first kappa shape index (κ1) is 18.7. The van der Waals surface area contributed by atoms with E-state index in [1.807, 2.05) is 30.3 Å². The molecule has 0 aliphatic carbocycles. The number of para-hydroxylation sites is 1. The van der Waals surface area contributed by atoms with Crippen LogP contribution in [-0.4, -0.2) is 31.3 Å². The molecule has 0 heterocycles. The molecule has 0 amide bonds. The fourth-order valence-corrected chi connectivity index (χ4v) is 1.83. The SMILES string of the molecule is C=CC(=O)OCC(C)OC(=O)CCCCCOc1ccccc1. The summed E-state index contributed by atoms with van der Waals surface area (Å²) < 4.78 is 15.5. The summed E-state index contributed by atoms with van der Waals surface area (Å²) in [6.07, 6.45) is 3.50. The second-order valence-corrected chi connectivity index (χ2v) is 5.11. The highest BCUT2D eigenvalue weighted by Crippen LogP contribution is 2.10. The van der Waals surface area contributed by atoms with E-state index in [4.69, 9.17) is 14.2 Å². The zero-order valence-electron chi connectivity index (χ0n) is 13.5. The molecule has 1 rings (SSSR count). The maximum absolute atomic E-state index is 11.6. The van der Waals surface area contributed by atoms with Gasteiger partial charge in [0.1, 0.15) is 18.5 Å². The van der Waals surface area contributed by atoms with E-state index in [-0.39, 0.29) is 12.6 Å². The van der Waals surface area contributed by atoms with Gasteiger partial charge in [0.25, 0.3) is 0 Å². The molecule has 23 heavy (non-hydrogen) atoms. The summed E-state index contributed by atoms with van der Waals surface area (Å²) in [5.41, 5.74) is 0. The molecule has 5 nitrogen and oxygen atoms in total. The Kier molecular flexibility index (Phi) is 9.20. The van der Waals surface area contributed by atoms with E-state index < -0.39 is 12.1 Å². The molecule has 0 saturated carbocycles. The molecule has 0 radical (unpaired) electrons. The van der Waals surface area contributed by atoms with Gasteiger partial charge < -0.3 is 14.2 Å². The lowest BCUT2D eigenvalue weighted by atomic mass is 10.2. The summed E-state index contributed by atoms with van der Waals surface area (Å²) in [5.74, 6) is 0.0530. The van der Waals surface area contributed by atoms with E-state index in [0.717, 1.165) is 31.1 Å². The molecule has 5 heteroatoms. The minimum Gasteiger partial charge on any atom is -0.494 e. The summed E-state index contributed by atoms with van der Waals surface area (Å²) in [6, 6.07) is 9.63. The van der Waals surface area contributed by atoms with Crippen LogP contribution in [0.3, 0.4) is 0 Å². The number of carbonyl (C=O) groups is 2. The van der Waals surface area contributed by atoms with Crippen molar-refractivity contribution in [1.82, 2.24) is 0 Å². The average molecular weight is 320 g/mol. The lowest BCUT2D eigenvalue weighted by Gasteiger charge is -2.12. The summed E-state index contributed by atoms with van der Waals surface area (Å²) >= 11 is 0. The average Bonchev–Trinajstić information content (AvgIpc) is 2.56. The number of esters is 2. The first-order chi connectivity index (χ1) is 11.1. The lowest BCUT2D eigenvalue weighted by molar-refractivity contribution is -0.155. The molecule has 126 valence electrons. The second kappa shape index (κ2) is 11.3. The molecule has 1 unspecified atom stereocenters. The number of hydrogen-bond donors (Lipinski definition) is 0. The molecular formula is C18H24O5. The van der Waals surface area contributed by atoms with Gasteiger partial charge in [-0.1, -0.05) is 24.8 Å². The van der Waals surface area contributed by atoms with Gasteiger partial charge in [-0.25, -0.2) is 4.79 Å². The minimum absolute atomic E-state index is 0.0432. The highest BCUT2D eigenvalue weighted by Gasteiger charge is 2.10. The number of hydrogen-bond acceptors (Lipinski definition) is 5. The van der Waals surface area contributed by atoms with Crippen molar-refractivity contribution in [3.05, 3.63) is 43.0 Å². The largest absolute Gasteiger partial charge is 0.494 e. The van der Waals surface area contributed by atoms with Gasteiger partial charge >= 0.3 is 11.9 Å². The standard InChI is InChI=1S/C18H24O5/c1-3-17(19)22-14-15(2)23-18(20)12-8-5-9-13-21-16-10-6-4-7-11-16/h3-4,6-7,10-11,15H,1,5,8-9,12-14H2,2H3. The molecular weight excluding hydrogens is 296 g/mol. The molecule has 0 fully saturated rings. The third kappa shape index (κ3) is 9.34. The zero-order valence-corrected chi connectivity index (χ0v) is 13.5. The number of rotatable bonds is 11. The van der Waals surface area contributed by atoms with Gasteiger partial charge in [-0.3, -0.25) is 4.79 Å². The van der Waals surface area contributed by atoms with Gasteiger partial charge in [0.2, 0.25) is 0 Å². The molecule has 0 aliphatic heterocycles. The quantitative estimate of drug-likeness (QED) is 0.356. The lowest BCUT2D eigenvalue weighted by Crippen LogP contribution is -2.21. The third-order valence-electron chi connectivity index (χ3n) is 3.00. The Morgan fingerprint density at radius 3 is 2.61 bits per heavy atom. The van der Waals surface area contributed by atoms with Crippen LogP contribution in [0, 0.1) is 0 Å². The fourth-order valence-electron chi connectivity index (χ4n) is 1.83. The Labute approximate surface area is 137 Å². The van der Waals surface area contributed by atoms with Gasteiger partial charge in [0, 0.05) is 12.5 Å². The van der Waals surface area contributed by atoms with Crippen LogP contribution in [0.2, 0.25) is 0 Å². The van der Waals surface area contributed by atoms with E-state index in [1.54, 1.807) is 6.92 Å². The molecule has 0 spiro atoms. The molecule has 1 atom stereocenters. The third-order valence-corrected chi connectivity index (χ3v) is 3.00. The first-order valence-electron chi connectivity index (χ1n) is 7.78. The van der Waals surface area contributed by atoms with Crippen LogP contribution in [0.1, 0.15) is 32.6 Å².